The van der Waals surface area contributed by atoms with Gasteiger partial charge in [-0.05, 0) is 22.9 Å². The fraction of sp³-hybridized carbons (Fsp3) is 0.143. The van der Waals surface area contributed by atoms with Crippen LogP contribution in [0.4, 0.5) is 23.2 Å². The first-order chi connectivity index (χ1) is 9.83. The first-order valence-corrected chi connectivity index (χ1v) is 5.70. The fourth-order valence-electron chi connectivity index (χ4n) is 2.03. The Morgan fingerprint density at radius 2 is 1.82 bits per heavy atom. The molecule has 0 saturated carbocycles. The molecule has 8 heteroatoms. The number of benzene rings is 1. The Kier molecular flexibility index (Phi) is 4.09. The van der Waals surface area contributed by atoms with Gasteiger partial charge in [0.15, 0.2) is 5.69 Å². The molecule has 1 aromatic heterocycles. The second-order valence-electron chi connectivity index (χ2n) is 4.32. The largest absolute Gasteiger partial charge is 0.371 e. The van der Waals surface area contributed by atoms with E-state index in [1.54, 1.807) is 0 Å². The normalized spacial score (nSPS) is 17.2. The van der Waals surface area contributed by atoms with E-state index >= 15 is 0 Å². The summed E-state index contributed by atoms with van der Waals surface area (Å²) in [5, 5.41) is 0. The van der Waals surface area contributed by atoms with Gasteiger partial charge in [-0.3, -0.25) is 4.74 Å². The zero-order valence-electron chi connectivity index (χ0n) is 10.5. The molecule has 1 aliphatic rings. The van der Waals surface area contributed by atoms with Crippen molar-refractivity contribution in [3.05, 3.63) is 59.1 Å². The third-order valence-corrected chi connectivity index (χ3v) is 2.98. The standard InChI is InChI=1S/C14H5F4N2O.Ir/c1-19-9-4-5-20-12(7-9)8-2-3-10-11(6-8)14(17,18)21-13(10,15)16;/h3-7H;/q-1;. The van der Waals surface area contributed by atoms with Crippen molar-refractivity contribution in [1.82, 2.24) is 4.98 Å². The number of ether oxygens (including phenoxy) is 1. The van der Waals surface area contributed by atoms with Crippen molar-refractivity contribution in [2.75, 3.05) is 0 Å². The third kappa shape index (κ3) is 2.63. The van der Waals surface area contributed by atoms with E-state index in [2.05, 4.69) is 20.6 Å². The van der Waals surface area contributed by atoms with Crippen LogP contribution in [-0.4, -0.2) is 4.98 Å². The van der Waals surface area contributed by atoms with E-state index in [9.17, 15) is 17.6 Å². The minimum Gasteiger partial charge on any atom is -0.307 e. The number of fused-ring (bicyclic) bond motifs is 1. The molecule has 3 rings (SSSR count). The van der Waals surface area contributed by atoms with Crippen LogP contribution in [0.1, 0.15) is 11.1 Å². The summed E-state index contributed by atoms with van der Waals surface area (Å²) in [4.78, 5) is 7.10. The molecule has 22 heavy (non-hydrogen) atoms. The van der Waals surface area contributed by atoms with Gasteiger partial charge in [-0.1, -0.05) is 6.07 Å². The van der Waals surface area contributed by atoms with Crippen molar-refractivity contribution < 1.29 is 42.4 Å². The molecule has 2 aromatic rings. The molecular formula is C14H5F4IrN2O-. The molecule has 0 fully saturated rings. The van der Waals surface area contributed by atoms with Gasteiger partial charge in [0.2, 0.25) is 0 Å². The summed E-state index contributed by atoms with van der Waals surface area (Å²) in [5.41, 5.74) is -1.31. The van der Waals surface area contributed by atoms with E-state index < -0.39 is 23.3 Å². The van der Waals surface area contributed by atoms with Crippen LogP contribution in [0.15, 0.2) is 30.5 Å². The van der Waals surface area contributed by atoms with E-state index in [4.69, 9.17) is 6.57 Å². The van der Waals surface area contributed by atoms with Gasteiger partial charge in [-0.25, -0.2) is 4.85 Å². The zero-order valence-corrected chi connectivity index (χ0v) is 12.9. The van der Waals surface area contributed by atoms with E-state index in [1.807, 2.05) is 0 Å². The monoisotopic (exact) mass is 486 g/mol. The van der Waals surface area contributed by atoms with Crippen LogP contribution in [-0.2, 0) is 37.1 Å². The van der Waals surface area contributed by atoms with Crippen molar-refractivity contribution in [2.24, 2.45) is 0 Å². The van der Waals surface area contributed by atoms with Gasteiger partial charge in [-0.15, -0.1) is 23.8 Å². The van der Waals surface area contributed by atoms with Gasteiger partial charge >= 0.3 is 12.2 Å². The van der Waals surface area contributed by atoms with Crippen LogP contribution in [0, 0.1) is 12.6 Å². The molecule has 1 radical (unpaired) electrons. The SMILES string of the molecule is [C-]#[N+]c1ccnc(-c2[c-]cc3c(c2)C(F)(F)OC3(F)F)c1.[Ir]. The second kappa shape index (κ2) is 5.43. The molecule has 115 valence electrons. The Morgan fingerprint density at radius 1 is 1.14 bits per heavy atom. The van der Waals surface area contributed by atoms with E-state index in [-0.39, 0.29) is 37.1 Å². The zero-order chi connectivity index (χ0) is 15.3. The van der Waals surface area contributed by atoms with Crippen molar-refractivity contribution in [1.29, 1.82) is 0 Å². The van der Waals surface area contributed by atoms with Crippen molar-refractivity contribution in [2.45, 2.75) is 12.2 Å². The van der Waals surface area contributed by atoms with Gasteiger partial charge in [-0.2, -0.15) is 17.6 Å². The quantitative estimate of drug-likeness (QED) is 0.447. The van der Waals surface area contributed by atoms with E-state index in [0.717, 1.165) is 12.1 Å². The first-order valence-electron chi connectivity index (χ1n) is 5.70. The Labute approximate surface area is 136 Å². The van der Waals surface area contributed by atoms with Gasteiger partial charge < -0.3 is 4.98 Å². The molecule has 2 heterocycles. The number of aromatic nitrogens is 1. The molecule has 0 spiro atoms. The summed E-state index contributed by atoms with van der Waals surface area (Å²) in [6.07, 6.45) is -6.81. The maximum Gasteiger partial charge on any atom is 0.371 e. The molecule has 0 N–H and O–H groups in total. The van der Waals surface area contributed by atoms with Crippen LogP contribution in [0.3, 0.4) is 0 Å². The average Bonchev–Trinajstić information content (AvgIpc) is 2.64. The number of rotatable bonds is 1. The van der Waals surface area contributed by atoms with Crippen LogP contribution in [0.25, 0.3) is 16.1 Å². The Morgan fingerprint density at radius 3 is 2.50 bits per heavy atom. The molecule has 0 aliphatic carbocycles. The van der Waals surface area contributed by atoms with E-state index in [1.165, 1.54) is 18.3 Å². The van der Waals surface area contributed by atoms with Gasteiger partial charge in [0.1, 0.15) is 0 Å². The van der Waals surface area contributed by atoms with Crippen molar-refractivity contribution >= 4 is 5.69 Å². The number of pyridine rings is 1. The molecule has 3 nitrogen and oxygen atoms in total. The predicted molar refractivity (Wildman–Crippen MR) is 63.6 cm³/mol. The van der Waals surface area contributed by atoms with Gasteiger partial charge in [0, 0.05) is 26.3 Å². The summed E-state index contributed by atoms with van der Waals surface area (Å²) < 4.78 is 57.1. The number of alkyl halides is 4. The average molecular weight is 485 g/mol. The van der Waals surface area contributed by atoms with Crippen LogP contribution in [0.2, 0.25) is 0 Å². The molecule has 0 amide bonds. The Hall–Kier alpha value is -1.81. The minimum absolute atomic E-state index is 0. The van der Waals surface area contributed by atoms with Crippen LogP contribution < -0.4 is 0 Å². The van der Waals surface area contributed by atoms with Gasteiger partial charge in [0.05, 0.1) is 6.57 Å². The maximum atomic E-state index is 13.5. The summed E-state index contributed by atoms with van der Waals surface area (Å²) in [5.74, 6) is 0. The topological polar surface area (TPSA) is 26.5 Å². The number of nitrogens with zero attached hydrogens (tertiary/aromatic N) is 2. The summed E-state index contributed by atoms with van der Waals surface area (Å²) in [6.45, 7) is 6.89. The molecular weight excluding hydrogens is 480 g/mol. The predicted octanol–water partition coefficient (Wildman–Crippen LogP) is 4.23. The molecule has 1 aliphatic heterocycles. The van der Waals surface area contributed by atoms with Crippen LogP contribution >= 0.6 is 0 Å². The van der Waals surface area contributed by atoms with Gasteiger partial charge in [0.25, 0.3) is 0 Å². The minimum atomic E-state index is -4.08. The maximum absolute atomic E-state index is 13.5. The number of hydrogen-bond acceptors (Lipinski definition) is 2. The molecule has 1 aromatic carbocycles. The second-order valence-corrected chi connectivity index (χ2v) is 4.32. The Balaban J connectivity index is 0.00000176. The molecule has 0 bridgehead atoms. The number of halogens is 4. The fourth-order valence-corrected chi connectivity index (χ4v) is 2.03. The molecule has 0 atom stereocenters. The smallest absolute Gasteiger partial charge is 0.307 e. The molecule has 0 unspecified atom stereocenters. The molecule has 0 saturated heterocycles. The van der Waals surface area contributed by atoms with Crippen molar-refractivity contribution in [3.63, 3.8) is 0 Å². The van der Waals surface area contributed by atoms with Crippen LogP contribution in [0.5, 0.6) is 0 Å². The van der Waals surface area contributed by atoms with Crippen molar-refractivity contribution in [3.8, 4) is 11.3 Å². The number of hydrogen-bond donors (Lipinski definition) is 0. The third-order valence-electron chi connectivity index (χ3n) is 2.98. The summed E-state index contributed by atoms with van der Waals surface area (Å²) in [6, 6.07) is 6.88. The van der Waals surface area contributed by atoms with E-state index in [0.29, 0.717) is 0 Å². The summed E-state index contributed by atoms with van der Waals surface area (Å²) >= 11 is 0. The first kappa shape index (κ1) is 16.6. The Bertz CT molecular complexity index is 774. The summed E-state index contributed by atoms with van der Waals surface area (Å²) in [7, 11) is 0.